The van der Waals surface area contributed by atoms with Crippen molar-refractivity contribution in [3.05, 3.63) is 0 Å². The van der Waals surface area contributed by atoms with E-state index in [0.717, 1.165) is 25.5 Å². The second kappa shape index (κ2) is 6.61. The Kier molecular flexibility index (Phi) is 5.77. The van der Waals surface area contributed by atoms with Gasteiger partial charge >= 0.3 is 0 Å². The highest BCUT2D eigenvalue weighted by Crippen LogP contribution is 2.41. The molecule has 1 aliphatic rings. The number of nitrogens with two attached hydrogens (primary N) is 1. The summed E-state index contributed by atoms with van der Waals surface area (Å²) in [4.78, 5) is 0. The number of ether oxygens (including phenoxy) is 1. The number of rotatable bonds is 6. The first-order valence-corrected chi connectivity index (χ1v) is 6.93. The molecule has 1 rings (SSSR count). The van der Waals surface area contributed by atoms with Gasteiger partial charge in [0.2, 0.25) is 0 Å². The van der Waals surface area contributed by atoms with Crippen LogP contribution in [0.1, 0.15) is 59.3 Å². The molecule has 96 valence electrons. The SMILES string of the molecule is CCC1CCC(CN)(CCOC(C)C)CC1. The van der Waals surface area contributed by atoms with Crippen molar-refractivity contribution in [1.29, 1.82) is 0 Å². The molecule has 0 amide bonds. The first-order valence-electron chi connectivity index (χ1n) is 6.93. The zero-order valence-corrected chi connectivity index (χ0v) is 11.3. The van der Waals surface area contributed by atoms with Crippen LogP contribution >= 0.6 is 0 Å². The van der Waals surface area contributed by atoms with Gasteiger partial charge in [-0.2, -0.15) is 0 Å². The molecule has 0 aromatic carbocycles. The van der Waals surface area contributed by atoms with Gasteiger partial charge in [-0.3, -0.25) is 0 Å². The lowest BCUT2D eigenvalue weighted by Crippen LogP contribution is -2.36. The zero-order valence-electron chi connectivity index (χ0n) is 11.3. The van der Waals surface area contributed by atoms with Gasteiger partial charge in [0.05, 0.1) is 6.10 Å². The van der Waals surface area contributed by atoms with Crippen molar-refractivity contribution in [3.8, 4) is 0 Å². The Morgan fingerprint density at radius 2 is 1.94 bits per heavy atom. The summed E-state index contributed by atoms with van der Waals surface area (Å²) in [7, 11) is 0. The smallest absolute Gasteiger partial charge is 0.0518 e. The molecule has 0 heterocycles. The van der Waals surface area contributed by atoms with Gasteiger partial charge in [0.1, 0.15) is 0 Å². The fraction of sp³-hybridized carbons (Fsp3) is 1.00. The molecule has 0 spiro atoms. The van der Waals surface area contributed by atoms with Crippen LogP contribution in [0.3, 0.4) is 0 Å². The Morgan fingerprint density at radius 1 is 1.31 bits per heavy atom. The maximum atomic E-state index is 5.99. The molecule has 16 heavy (non-hydrogen) atoms. The lowest BCUT2D eigenvalue weighted by atomic mass is 9.68. The van der Waals surface area contributed by atoms with Crippen LogP contribution in [0.4, 0.5) is 0 Å². The van der Waals surface area contributed by atoms with Gasteiger partial charge < -0.3 is 10.5 Å². The quantitative estimate of drug-likeness (QED) is 0.755. The molecule has 0 atom stereocenters. The summed E-state index contributed by atoms with van der Waals surface area (Å²) in [5.74, 6) is 0.950. The lowest BCUT2D eigenvalue weighted by molar-refractivity contribution is 0.0358. The largest absolute Gasteiger partial charge is 0.379 e. The van der Waals surface area contributed by atoms with Gasteiger partial charge in [0.15, 0.2) is 0 Å². The Morgan fingerprint density at radius 3 is 2.38 bits per heavy atom. The van der Waals surface area contributed by atoms with E-state index in [1.54, 1.807) is 0 Å². The van der Waals surface area contributed by atoms with Gasteiger partial charge in [0.25, 0.3) is 0 Å². The van der Waals surface area contributed by atoms with Gasteiger partial charge in [-0.15, -0.1) is 0 Å². The monoisotopic (exact) mass is 227 g/mol. The molecule has 0 aliphatic heterocycles. The Labute approximate surface area is 101 Å². The third-order valence-electron chi connectivity index (χ3n) is 4.26. The molecule has 0 bridgehead atoms. The highest BCUT2D eigenvalue weighted by molar-refractivity contribution is 4.86. The van der Waals surface area contributed by atoms with E-state index in [0.29, 0.717) is 11.5 Å². The van der Waals surface area contributed by atoms with Crippen LogP contribution in [-0.2, 0) is 4.74 Å². The first kappa shape index (κ1) is 14.0. The van der Waals surface area contributed by atoms with E-state index < -0.39 is 0 Å². The predicted octanol–water partition coefficient (Wildman–Crippen LogP) is 3.35. The molecule has 0 aromatic heterocycles. The van der Waals surface area contributed by atoms with Crippen molar-refractivity contribution < 1.29 is 4.74 Å². The Hall–Kier alpha value is -0.0800. The minimum atomic E-state index is 0.349. The fourth-order valence-electron chi connectivity index (χ4n) is 2.77. The van der Waals surface area contributed by atoms with E-state index in [1.807, 2.05) is 0 Å². The van der Waals surface area contributed by atoms with Gasteiger partial charge in [0, 0.05) is 6.61 Å². The molecule has 2 nitrogen and oxygen atoms in total. The van der Waals surface area contributed by atoms with Crippen molar-refractivity contribution >= 4 is 0 Å². The van der Waals surface area contributed by atoms with Crippen molar-refractivity contribution in [3.63, 3.8) is 0 Å². The van der Waals surface area contributed by atoms with E-state index in [2.05, 4.69) is 20.8 Å². The van der Waals surface area contributed by atoms with E-state index in [-0.39, 0.29) is 0 Å². The third-order valence-corrected chi connectivity index (χ3v) is 4.26. The second-order valence-electron chi connectivity index (χ2n) is 5.73. The zero-order chi connectivity index (χ0) is 12.0. The summed E-state index contributed by atoms with van der Waals surface area (Å²) in [5.41, 5.74) is 6.38. The molecular weight excluding hydrogens is 198 g/mol. The minimum Gasteiger partial charge on any atom is -0.379 e. The maximum Gasteiger partial charge on any atom is 0.0518 e. The minimum absolute atomic E-state index is 0.349. The fourth-order valence-corrected chi connectivity index (χ4v) is 2.77. The third kappa shape index (κ3) is 4.06. The average Bonchev–Trinajstić information content (AvgIpc) is 2.29. The van der Waals surface area contributed by atoms with Crippen LogP contribution in [0.15, 0.2) is 0 Å². The normalized spacial score (nSPS) is 30.9. The molecule has 0 aromatic rings. The molecule has 1 fully saturated rings. The predicted molar refractivity (Wildman–Crippen MR) is 69.4 cm³/mol. The average molecular weight is 227 g/mol. The molecule has 1 aliphatic carbocycles. The molecular formula is C14H29NO. The molecule has 2 heteroatoms. The molecule has 1 saturated carbocycles. The maximum absolute atomic E-state index is 5.99. The highest BCUT2D eigenvalue weighted by atomic mass is 16.5. The lowest BCUT2D eigenvalue weighted by Gasteiger charge is -2.39. The molecule has 2 N–H and O–H groups in total. The van der Waals surface area contributed by atoms with Crippen LogP contribution in [0.5, 0.6) is 0 Å². The topological polar surface area (TPSA) is 35.2 Å². The molecule has 0 saturated heterocycles. The van der Waals surface area contributed by atoms with Crippen LogP contribution in [0.25, 0.3) is 0 Å². The van der Waals surface area contributed by atoms with E-state index >= 15 is 0 Å². The summed E-state index contributed by atoms with van der Waals surface area (Å²) >= 11 is 0. The summed E-state index contributed by atoms with van der Waals surface area (Å²) in [6.07, 6.45) is 8.20. The van der Waals surface area contributed by atoms with E-state index in [4.69, 9.17) is 10.5 Å². The highest BCUT2D eigenvalue weighted by Gasteiger charge is 2.33. The van der Waals surface area contributed by atoms with Gasteiger partial charge in [-0.1, -0.05) is 13.3 Å². The Balaban J connectivity index is 2.34. The van der Waals surface area contributed by atoms with E-state index in [1.165, 1.54) is 32.1 Å². The standard InChI is InChI=1S/C14H29NO/c1-4-13-5-7-14(11-15,8-6-13)9-10-16-12(2)3/h12-13H,4-11,15H2,1-3H3. The van der Waals surface area contributed by atoms with Crippen molar-refractivity contribution in [2.45, 2.75) is 65.4 Å². The van der Waals surface area contributed by atoms with Crippen molar-refractivity contribution in [2.75, 3.05) is 13.2 Å². The van der Waals surface area contributed by atoms with Gasteiger partial charge in [-0.25, -0.2) is 0 Å². The molecule has 0 unspecified atom stereocenters. The number of hydrogen-bond acceptors (Lipinski definition) is 2. The first-order chi connectivity index (χ1) is 7.62. The summed E-state index contributed by atoms with van der Waals surface area (Å²) in [6, 6.07) is 0. The van der Waals surface area contributed by atoms with Crippen molar-refractivity contribution in [1.82, 2.24) is 0 Å². The Bertz CT molecular complexity index is 183. The second-order valence-corrected chi connectivity index (χ2v) is 5.73. The molecule has 0 radical (unpaired) electrons. The van der Waals surface area contributed by atoms with Crippen LogP contribution in [0.2, 0.25) is 0 Å². The van der Waals surface area contributed by atoms with Gasteiger partial charge in [-0.05, 0) is 63.8 Å². The summed E-state index contributed by atoms with van der Waals surface area (Å²) in [5, 5.41) is 0. The van der Waals surface area contributed by atoms with Crippen LogP contribution in [-0.4, -0.2) is 19.3 Å². The summed E-state index contributed by atoms with van der Waals surface area (Å²) < 4.78 is 5.67. The number of hydrogen-bond donors (Lipinski definition) is 1. The van der Waals surface area contributed by atoms with E-state index in [9.17, 15) is 0 Å². The van der Waals surface area contributed by atoms with Crippen LogP contribution in [0, 0.1) is 11.3 Å². The van der Waals surface area contributed by atoms with Crippen LogP contribution < -0.4 is 5.73 Å². The summed E-state index contributed by atoms with van der Waals surface area (Å²) in [6.45, 7) is 8.23. The van der Waals surface area contributed by atoms with Crippen molar-refractivity contribution in [2.24, 2.45) is 17.1 Å².